The van der Waals surface area contributed by atoms with Crippen molar-refractivity contribution in [1.29, 1.82) is 5.26 Å². The molecular formula is C18H11ClF2N4O5S. The third kappa shape index (κ3) is 4.02. The zero-order chi connectivity index (χ0) is 22.2. The molecule has 1 fully saturated rings. The van der Waals surface area contributed by atoms with Gasteiger partial charge in [-0.3, -0.25) is 4.18 Å². The van der Waals surface area contributed by atoms with Crippen LogP contribution in [0.25, 0.3) is 0 Å². The highest BCUT2D eigenvalue weighted by atomic mass is 35.5. The molecule has 31 heavy (non-hydrogen) atoms. The molecule has 2 aromatic carbocycles. The molecule has 1 aromatic heterocycles. The quantitative estimate of drug-likeness (QED) is 0.383. The van der Waals surface area contributed by atoms with Crippen LogP contribution in [0.15, 0.2) is 48.8 Å². The van der Waals surface area contributed by atoms with Gasteiger partial charge in [0.25, 0.3) is 0 Å². The van der Waals surface area contributed by atoms with Gasteiger partial charge in [0.15, 0.2) is 0 Å². The molecule has 1 saturated heterocycles. The van der Waals surface area contributed by atoms with E-state index in [0.717, 1.165) is 23.3 Å². The van der Waals surface area contributed by atoms with Crippen LogP contribution in [0.5, 0.6) is 6.01 Å². The first kappa shape index (κ1) is 21.0. The molecule has 2 atom stereocenters. The number of aromatic nitrogens is 3. The Bertz CT molecular complexity index is 1300. The minimum absolute atomic E-state index is 0.00333. The van der Waals surface area contributed by atoms with Gasteiger partial charge in [-0.25, -0.2) is 13.5 Å². The first-order chi connectivity index (χ1) is 14.8. The van der Waals surface area contributed by atoms with Gasteiger partial charge in [0.05, 0.1) is 6.54 Å². The van der Waals surface area contributed by atoms with Gasteiger partial charge in [0.2, 0.25) is 0 Å². The standard InChI is InChI=1S/C18H11ClF2N4O5S/c19-14-4-2-1-3-12(14)16-18(29-16,13-6-5-11(20)7-15(13)21)8-25-17(23-10-24-25)30-31(26,27)28-9-22/h1-7,10,16H,8H2. The number of hydrogen-bond donors (Lipinski definition) is 0. The van der Waals surface area contributed by atoms with E-state index in [1.54, 1.807) is 24.3 Å². The van der Waals surface area contributed by atoms with Crippen LogP contribution in [0.2, 0.25) is 5.02 Å². The summed E-state index contributed by atoms with van der Waals surface area (Å²) in [6.07, 6.45) is 1.20. The second-order valence-electron chi connectivity index (χ2n) is 6.40. The largest absolute Gasteiger partial charge is 0.514 e. The topological polar surface area (TPSA) is 120 Å². The SMILES string of the molecule is N#COS(=O)(=O)Oc1ncnn1CC1(c2ccc(F)cc2F)OC1c1ccccc1Cl. The number of benzene rings is 2. The number of rotatable bonds is 7. The second kappa shape index (κ2) is 7.77. The van der Waals surface area contributed by atoms with Gasteiger partial charge in [0, 0.05) is 22.2 Å². The highest BCUT2D eigenvalue weighted by molar-refractivity contribution is 7.82. The zero-order valence-electron chi connectivity index (χ0n) is 15.3. The third-order valence-electron chi connectivity index (χ3n) is 4.55. The monoisotopic (exact) mass is 468 g/mol. The van der Waals surface area contributed by atoms with Crippen molar-refractivity contribution in [3.8, 4) is 12.3 Å². The highest BCUT2D eigenvalue weighted by Crippen LogP contribution is 2.59. The van der Waals surface area contributed by atoms with E-state index in [1.165, 1.54) is 6.07 Å². The van der Waals surface area contributed by atoms with Crippen molar-refractivity contribution < 1.29 is 30.3 Å². The van der Waals surface area contributed by atoms with Crippen molar-refractivity contribution in [2.45, 2.75) is 18.2 Å². The third-order valence-corrected chi connectivity index (χ3v) is 5.53. The maximum Gasteiger partial charge on any atom is 0.514 e. The molecule has 4 rings (SSSR count). The van der Waals surface area contributed by atoms with Crippen LogP contribution in [0.1, 0.15) is 17.2 Å². The minimum atomic E-state index is -4.73. The van der Waals surface area contributed by atoms with Crippen molar-refractivity contribution in [2.75, 3.05) is 0 Å². The van der Waals surface area contributed by atoms with Gasteiger partial charge in [-0.2, -0.15) is 10.1 Å². The molecule has 1 aliphatic rings. The minimum Gasteiger partial charge on any atom is -0.354 e. The number of nitrogens with zero attached hydrogens (tertiary/aromatic N) is 4. The summed E-state index contributed by atoms with van der Waals surface area (Å²) in [6, 6.07) is 9.16. The summed E-state index contributed by atoms with van der Waals surface area (Å²) < 4.78 is 66.7. The normalized spacial score (nSPS) is 20.1. The van der Waals surface area contributed by atoms with Crippen molar-refractivity contribution in [3.05, 3.63) is 76.6 Å². The summed E-state index contributed by atoms with van der Waals surface area (Å²) >= 11 is 6.25. The van der Waals surface area contributed by atoms with E-state index in [9.17, 15) is 17.2 Å². The Morgan fingerprint density at radius 2 is 2.06 bits per heavy atom. The molecule has 0 bridgehead atoms. The number of hydrogen-bond acceptors (Lipinski definition) is 8. The summed E-state index contributed by atoms with van der Waals surface area (Å²) in [5.41, 5.74) is -0.888. The maximum absolute atomic E-state index is 14.7. The lowest BCUT2D eigenvalue weighted by molar-refractivity contribution is 0.247. The van der Waals surface area contributed by atoms with Crippen LogP contribution < -0.4 is 4.18 Å². The van der Waals surface area contributed by atoms with Crippen LogP contribution in [-0.4, -0.2) is 23.2 Å². The van der Waals surface area contributed by atoms with E-state index in [1.807, 2.05) is 0 Å². The van der Waals surface area contributed by atoms with E-state index >= 15 is 0 Å². The molecule has 9 nitrogen and oxygen atoms in total. The van der Waals surface area contributed by atoms with Crippen molar-refractivity contribution in [1.82, 2.24) is 14.8 Å². The molecular weight excluding hydrogens is 458 g/mol. The Balaban J connectivity index is 1.74. The lowest BCUT2D eigenvalue weighted by Gasteiger charge is -2.16. The van der Waals surface area contributed by atoms with Gasteiger partial charge in [-0.1, -0.05) is 35.9 Å². The number of nitriles is 1. The molecule has 160 valence electrons. The molecule has 0 spiro atoms. The van der Waals surface area contributed by atoms with E-state index < -0.39 is 39.7 Å². The molecule has 0 radical (unpaired) electrons. The van der Waals surface area contributed by atoms with Gasteiger partial charge >= 0.3 is 22.7 Å². The summed E-state index contributed by atoms with van der Waals surface area (Å²) in [6.45, 7) is -0.275. The highest BCUT2D eigenvalue weighted by Gasteiger charge is 2.61. The van der Waals surface area contributed by atoms with Crippen molar-refractivity contribution >= 4 is 22.0 Å². The first-order valence-electron chi connectivity index (χ1n) is 8.53. The van der Waals surface area contributed by atoms with E-state index in [2.05, 4.69) is 18.4 Å². The molecule has 0 N–H and O–H groups in total. The smallest absolute Gasteiger partial charge is 0.354 e. The molecule has 2 heterocycles. The van der Waals surface area contributed by atoms with Gasteiger partial charge in [-0.15, -0.1) is 13.7 Å². The molecule has 3 aromatic rings. The fourth-order valence-electron chi connectivity index (χ4n) is 3.22. The Morgan fingerprint density at radius 1 is 1.29 bits per heavy atom. The van der Waals surface area contributed by atoms with Gasteiger partial charge in [0.1, 0.15) is 29.7 Å². The van der Waals surface area contributed by atoms with Crippen LogP contribution in [-0.2, 0) is 31.5 Å². The lowest BCUT2D eigenvalue weighted by atomic mass is 9.91. The number of epoxide rings is 1. The molecule has 0 aliphatic carbocycles. The van der Waals surface area contributed by atoms with Crippen LogP contribution in [0.3, 0.4) is 0 Å². The summed E-state index contributed by atoms with van der Waals surface area (Å²) in [5.74, 6) is -1.66. The van der Waals surface area contributed by atoms with E-state index in [4.69, 9.17) is 21.6 Å². The zero-order valence-corrected chi connectivity index (χ0v) is 16.8. The van der Waals surface area contributed by atoms with Crippen LogP contribution >= 0.6 is 11.6 Å². The maximum atomic E-state index is 14.7. The van der Waals surface area contributed by atoms with E-state index in [-0.39, 0.29) is 12.1 Å². The lowest BCUT2D eigenvalue weighted by Crippen LogP contribution is -2.23. The first-order valence-corrected chi connectivity index (χ1v) is 10.2. The summed E-state index contributed by atoms with van der Waals surface area (Å²) in [5, 5.41) is 12.6. The Hall–Kier alpha value is -3.27. The predicted molar refractivity (Wildman–Crippen MR) is 99.6 cm³/mol. The molecule has 1 aliphatic heterocycles. The van der Waals surface area contributed by atoms with Crippen LogP contribution in [0.4, 0.5) is 8.78 Å². The fourth-order valence-corrected chi connectivity index (χ4v) is 3.90. The molecule has 2 unspecified atom stereocenters. The number of ether oxygens (including phenoxy) is 1. The average molecular weight is 469 g/mol. The number of halogens is 3. The van der Waals surface area contributed by atoms with Crippen LogP contribution in [0, 0.1) is 23.2 Å². The molecule has 0 amide bonds. The summed E-state index contributed by atoms with van der Waals surface area (Å²) in [7, 11) is -4.73. The molecule has 13 heteroatoms. The summed E-state index contributed by atoms with van der Waals surface area (Å²) in [4.78, 5) is 3.67. The van der Waals surface area contributed by atoms with Crippen molar-refractivity contribution in [3.63, 3.8) is 0 Å². The van der Waals surface area contributed by atoms with Gasteiger partial charge < -0.3 is 8.92 Å². The fraction of sp³-hybridized carbons (Fsp3) is 0.167. The Morgan fingerprint density at radius 3 is 2.77 bits per heavy atom. The predicted octanol–water partition coefficient (Wildman–Crippen LogP) is 3.00. The average Bonchev–Trinajstić information content (AvgIpc) is 3.25. The Kier molecular flexibility index (Phi) is 5.26. The van der Waals surface area contributed by atoms with Gasteiger partial charge in [-0.05, 0) is 12.1 Å². The van der Waals surface area contributed by atoms with Crippen molar-refractivity contribution in [2.24, 2.45) is 0 Å². The van der Waals surface area contributed by atoms with E-state index in [0.29, 0.717) is 16.7 Å². The molecule has 0 saturated carbocycles. The Labute approximate surface area is 179 Å². The second-order valence-corrected chi connectivity index (χ2v) is 7.96.